The third-order valence-corrected chi connectivity index (χ3v) is 3.45. The Morgan fingerprint density at radius 1 is 1.21 bits per heavy atom. The zero-order valence-electron chi connectivity index (χ0n) is 10.5. The molecule has 0 amide bonds. The van der Waals surface area contributed by atoms with E-state index < -0.39 is 0 Å². The molecule has 3 nitrogen and oxygen atoms in total. The van der Waals surface area contributed by atoms with Crippen LogP contribution in [0.15, 0.2) is 46.9 Å². The first-order valence-corrected chi connectivity index (χ1v) is 6.60. The number of anilines is 1. The number of benzene rings is 2. The van der Waals surface area contributed by atoms with Crippen LogP contribution in [0.4, 0.5) is 5.69 Å². The predicted molar refractivity (Wildman–Crippen MR) is 79.2 cm³/mol. The maximum atomic E-state index is 9.15. The molecule has 0 aliphatic carbocycles. The topological polar surface area (TPSA) is 45.0 Å². The Kier molecular flexibility index (Phi) is 4.43. The lowest BCUT2D eigenvalue weighted by Crippen LogP contribution is -2.03. The second kappa shape index (κ2) is 6.26. The first kappa shape index (κ1) is 13.4. The second-order valence-corrected chi connectivity index (χ2v) is 4.79. The Balaban J connectivity index is 2.20. The van der Waals surface area contributed by atoms with Gasteiger partial charge in [0.1, 0.15) is 11.8 Å². The molecule has 0 atom stereocenters. The van der Waals surface area contributed by atoms with Crippen LogP contribution in [0, 0.1) is 11.3 Å². The molecule has 0 heterocycles. The van der Waals surface area contributed by atoms with E-state index in [2.05, 4.69) is 27.3 Å². The highest BCUT2D eigenvalue weighted by Gasteiger charge is 2.07. The van der Waals surface area contributed by atoms with E-state index in [-0.39, 0.29) is 0 Å². The molecule has 2 aromatic rings. The van der Waals surface area contributed by atoms with Crippen LogP contribution in [-0.2, 0) is 6.54 Å². The summed E-state index contributed by atoms with van der Waals surface area (Å²) < 4.78 is 6.09. The van der Waals surface area contributed by atoms with Gasteiger partial charge in [-0.15, -0.1) is 0 Å². The van der Waals surface area contributed by atoms with Gasteiger partial charge in [-0.05, 0) is 34.1 Å². The minimum Gasteiger partial charge on any atom is -0.496 e. The number of hydrogen-bond acceptors (Lipinski definition) is 3. The third-order valence-electron chi connectivity index (χ3n) is 2.79. The van der Waals surface area contributed by atoms with Crippen molar-refractivity contribution in [1.82, 2.24) is 0 Å². The molecule has 0 saturated heterocycles. The molecular weight excluding hydrogens is 304 g/mol. The summed E-state index contributed by atoms with van der Waals surface area (Å²) in [5.41, 5.74) is 2.47. The van der Waals surface area contributed by atoms with Gasteiger partial charge in [0.2, 0.25) is 0 Å². The molecule has 0 fully saturated rings. The summed E-state index contributed by atoms with van der Waals surface area (Å²) in [6.45, 7) is 0.606. The Labute approximate surface area is 121 Å². The first-order chi connectivity index (χ1) is 9.26. The van der Waals surface area contributed by atoms with Crippen LogP contribution in [0.2, 0.25) is 0 Å². The number of nitrogens with one attached hydrogen (secondary N) is 1. The smallest absolute Gasteiger partial charge is 0.123 e. The number of ether oxygens (including phenoxy) is 1. The Bertz CT molecular complexity index is 620. The number of halogens is 1. The van der Waals surface area contributed by atoms with Gasteiger partial charge in [0.25, 0.3) is 0 Å². The molecule has 0 spiro atoms. The number of para-hydroxylation sites is 1. The van der Waals surface area contributed by atoms with Crippen LogP contribution < -0.4 is 10.1 Å². The summed E-state index contributed by atoms with van der Waals surface area (Å²) in [5.74, 6) is 0.837. The van der Waals surface area contributed by atoms with E-state index in [4.69, 9.17) is 10.00 Å². The highest BCUT2D eigenvalue weighted by Crippen LogP contribution is 2.25. The molecule has 96 valence electrons. The van der Waals surface area contributed by atoms with Crippen LogP contribution in [0.3, 0.4) is 0 Å². The SMILES string of the molecule is COc1ccccc1CNc1cccc(Br)c1C#N. The number of hydrogen-bond donors (Lipinski definition) is 1. The summed E-state index contributed by atoms with van der Waals surface area (Å²) in [6, 6.07) is 15.6. The first-order valence-electron chi connectivity index (χ1n) is 5.80. The van der Waals surface area contributed by atoms with Gasteiger partial charge in [0.05, 0.1) is 18.4 Å². The maximum Gasteiger partial charge on any atom is 0.123 e. The van der Waals surface area contributed by atoms with Crippen molar-refractivity contribution < 1.29 is 4.74 Å². The monoisotopic (exact) mass is 316 g/mol. The summed E-state index contributed by atoms with van der Waals surface area (Å²) >= 11 is 3.37. The van der Waals surface area contributed by atoms with E-state index in [1.165, 1.54) is 0 Å². The Morgan fingerprint density at radius 3 is 2.74 bits per heavy atom. The van der Waals surface area contributed by atoms with Gasteiger partial charge in [0.15, 0.2) is 0 Å². The minimum absolute atomic E-state index is 0.606. The standard InChI is InChI=1S/C15H13BrN2O/c1-19-15-8-3-2-5-11(15)10-18-14-7-4-6-13(16)12(14)9-17/h2-8,18H,10H2,1H3. The van der Waals surface area contributed by atoms with Gasteiger partial charge >= 0.3 is 0 Å². The van der Waals surface area contributed by atoms with Crippen LogP contribution in [0.5, 0.6) is 5.75 Å². The van der Waals surface area contributed by atoms with Crippen LogP contribution in [-0.4, -0.2) is 7.11 Å². The van der Waals surface area contributed by atoms with Crippen molar-refractivity contribution in [2.45, 2.75) is 6.54 Å². The Morgan fingerprint density at radius 2 is 2.00 bits per heavy atom. The fourth-order valence-electron chi connectivity index (χ4n) is 1.82. The zero-order chi connectivity index (χ0) is 13.7. The minimum atomic E-state index is 0.606. The van der Waals surface area contributed by atoms with E-state index in [1.807, 2.05) is 42.5 Å². The van der Waals surface area contributed by atoms with Crippen molar-refractivity contribution in [1.29, 1.82) is 5.26 Å². The van der Waals surface area contributed by atoms with Crippen molar-refractivity contribution in [3.63, 3.8) is 0 Å². The number of methoxy groups -OCH3 is 1. The molecule has 0 aromatic heterocycles. The van der Waals surface area contributed by atoms with Gasteiger partial charge < -0.3 is 10.1 Å². The molecule has 2 rings (SSSR count). The fourth-order valence-corrected chi connectivity index (χ4v) is 2.28. The molecule has 0 aliphatic heterocycles. The molecule has 0 aliphatic rings. The summed E-state index contributed by atoms with van der Waals surface area (Å²) in [4.78, 5) is 0. The maximum absolute atomic E-state index is 9.15. The van der Waals surface area contributed by atoms with E-state index >= 15 is 0 Å². The molecule has 1 N–H and O–H groups in total. The lowest BCUT2D eigenvalue weighted by Gasteiger charge is -2.12. The highest BCUT2D eigenvalue weighted by molar-refractivity contribution is 9.10. The zero-order valence-corrected chi connectivity index (χ0v) is 12.1. The molecule has 4 heteroatoms. The second-order valence-electron chi connectivity index (χ2n) is 3.94. The molecule has 0 saturated carbocycles. The quantitative estimate of drug-likeness (QED) is 0.929. The number of rotatable bonds is 4. The van der Waals surface area contributed by atoms with Crippen molar-refractivity contribution in [2.75, 3.05) is 12.4 Å². The van der Waals surface area contributed by atoms with E-state index in [9.17, 15) is 0 Å². The van der Waals surface area contributed by atoms with Crippen LogP contribution >= 0.6 is 15.9 Å². The Hall–Kier alpha value is -1.99. The van der Waals surface area contributed by atoms with E-state index in [0.717, 1.165) is 21.5 Å². The molecule has 19 heavy (non-hydrogen) atoms. The van der Waals surface area contributed by atoms with Gasteiger partial charge in [-0.3, -0.25) is 0 Å². The molecule has 0 unspecified atom stereocenters. The largest absolute Gasteiger partial charge is 0.496 e. The van der Waals surface area contributed by atoms with Crippen LogP contribution in [0.25, 0.3) is 0 Å². The average molecular weight is 317 g/mol. The van der Waals surface area contributed by atoms with Crippen molar-refractivity contribution in [3.8, 4) is 11.8 Å². The molecular formula is C15H13BrN2O. The van der Waals surface area contributed by atoms with Gasteiger partial charge in [-0.25, -0.2) is 0 Å². The van der Waals surface area contributed by atoms with E-state index in [0.29, 0.717) is 12.1 Å². The third kappa shape index (κ3) is 3.07. The van der Waals surface area contributed by atoms with Gasteiger partial charge in [-0.1, -0.05) is 24.3 Å². The lowest BCUT2D eigenvalue weighted by atomic mass is 10.1. The molecule has 2 aromatic carbocycles. The summed E-state index contributed by atoms with van der Waals surface area (Å²) in [6.07, 6.45) is 0. The highest BCUT2D eigenvalue weighted by atomic mass is 79.9. The summed E-state index contributed by atoms with van der Waals surface area (Å²) in [5, 5.41) is 12.4. The average Bonchev–Trinajstić information content (AvgIpc) is 2.45. The summed E-state index contributed by atoms with van der Waals surface area (Å²) in [7, 11) is 1.65. The van der Waals surface area contributed by atoms with Crippen molar-refractivity contribution >= 4 is 21.6 Å². The lowest BCUT2D eigenvalue weighted by molar-refractivity contribution is 0.410. The molecule has 0 bridgehead atoms. The van der Waals surface area contributed by atoms with E-state index in [1.54, 1.807) is 7.11 Å². The van der Waals surface area contributed by atoms with Gasteiger partial charge in [0, 0.05) is 16.6 Å². The predicted octanol–water partition coefficient (Wildman–Crippen LogP) is 3.94. The number of nitriles is 1. The normalized spacial score (nSPS) is 9.74. The fraction of sp³-hybridized carbons (Fsp3) is 0.133. The number of nitrogens with zero attached hydrogens (tertiary/aromatic N) is 1. The van der Waals surface area contributed by atoms with Crippen molar-refractivity contribution in [2.24, 2.45) is 0 Å². The van der Waals surface area contributed by atoms with Gasteiger partial charge in [-0.2, -0.15) is 5.26 Å². The van der Waals surface area contributed by atoms with Crippen LogP contribution in [0.1, 0.15) is 11.1 Å². The molecule has 0 radical (unpaired) electrons. The van der Waals surface area contributed by atoms with Crippen molar-refractivity contribution in [3.05, 3.63) is 58.1 Å².